The van der Waals surface area contributed by atoms with Gasteiger partial charge in [-0.05, 0) is 64.3 Å². The Morgan fingerprint density at radius 1 is 1.23 bits per heavy atom. The van der Waals surface area contributed by atoms with Crippen LogP contribution in [-0.2, 0) is 4.79 Å². The molecule has 2 saturated carbocycles. The SMILES string of the molecule is CCC(O)C1CCCCN1CC(=O)N(C1CC1)C(C)C1CC1. The maximum atomic E-state index is 12.9. The van der Waals surface area contributed by atoms with E-state index in [1.54, 1.807) is 0 Å². The zero-order chi connectivity index (χ0) is 15.7. The first kappa shape index (κ1) is 16.3. The van der Waals surface area contributed by atoms with Crippen molar-refractivity contribution in [3.05, 3.63) is 0 Å². The molecule has 3 atom stereocenters. The molecule has 0 bridgehead atoms. The van der Waals surface area contributed by atoms with Crippen molar-refractivity contribution < 1.29 is 9.90 Å². The minimum absolute atomic E-state index is 0.181. The largest absolute Gasteiger partial charge is 0.392 e. The molecule has 1 amide bonds. The van der Waals surface area contributed by atoms with E-state index in [1.165, 1.54) is 32.1 Å². The van der Waals surface area contributed by atoms with Crippen LogP contribution in [0, 0.1) is 5.92 Å². The van der Waals surface area contributed by atoms with Crippen molar-refractivity contribution in [3.8, 4) is 0 Å². The maximum Gasteiger partial charge on any atom is 0.237 e. The molecule has 3 fully saturated rings. The highest BCUT2D eigenvalue weighted by Gasteiger charge is 2.42. The van der Waals surface area contributed by atoms with Gasteiger partial charge in [0, 0.05) is 18.1 Å². The molecule has 0 aromatic rings. The number of likely N-dealkylation sites (tertiary alicyclic amines) is 1. The number of hydrogen-bond donors (Lipinski definition) is 1. The summed E-state index contributed by atoms with van der Waals surface area (Å²) in [5, 5.41) is 10.3. The smallest absolute Gasteiger partial charge is 0.237 e. The van der Waals surface area contributed by atoms with Crippen LogP contribution in [0.4, 0.5) is 0 Å². The minimum atomic E-state index is -0.289. The van der Waals surface area contributed by atoms with Gasteiger partial charge in [0.05, 0.1) is 12.6 Å². The van der Waals surface area contributed by atoms with Crippen molar-refractivity contribution in [1.29, 1.82) is 0 Å². The average Bonchev–Trinajstić information content (AvgIpc) is 3.39. The monoisotopic (exact) mass is 308 g/mol. The Morgan fingerprint density at radius 2 is 1.95 bits per heavy atom. The fourth-order valence-electron chi connectivity index (χ4n) is 4.10. The van der Waals surface area contributed by atoms with Crippen molar-refractivity contribution in [2.24, 2.45) is 5.92 Å². The highest BCUT2D eigenvalue weighted by Crippen LogP contribution is 2.39. The fraction of sp³-hybridized carbons (Fsp3) is 0.944. The zero-order valence-electron chi connectivity index (χ0n) is 14.2. The topological polar surface area (TPSA) is 43.8 Å². The van der Waals surface area contributed by atoms with Gasteiger partial charge in [0.2, 0.25) is 5.91 Å². The van der Waals surface area contributed by atoms with Crippen molar-refractivity contribution in [2.45, 2.75) is 89.4 Å². The van der Waals surface area contributed by atoms with Crippen LogP contribution in [0.3, 0.4) is 0 Å². The third kappa shape index (κ3) is 3.65. The van der Waals surface area contributed by atoms with Crippen molar-refractivity contribution >= 4 is 5.91 Å². The second-order valence-corrected chi connectivity index (χ2v) is 7.62. The molecule has 126 valence electrons. The van der Waals surface area contributed by atoms with Crippen molar-refractivity contribution in [2.75, 3.05) is 13.1 Å². The van der Waals surface area contributed by atoms with Gasteiger partial charge in [0.1, 0.15) is 0 Å². The van der Waals surface area contributed by atoms with Gasteiger partial charge in [-0.25, -0.2) is 0 Å². The van der Waals surface area contributed by atoms with Gasteiger partial charge in [-0.1, -0.05) is 13.3 Å². The number of piperidine rings is 1. The molecule has 2 aliphatic carbocycles. The van der Waals surface area contributed by atoms with Gasteiger partial charge in [-0.3, -0.25) is 9.69 Å². The lowest BCUT2D eigenvalue weighted by Gasteiger charge is -2.39. The summed E-state index contributed by atoms with van der Waals surface area (Å²) in [4.78, 5) is 17.4. The van der Waals surface area contributed by atoms with Crippen molar-refractivity contribution in [1.82, 2.24) is 9.80 Å². The van der Waals surface area contributed by atoms with Crippen LogP contribution in [0.1, 0.15) is 65.2 Å². The summed E-state index contributed by atoms with van der Waals surface area (Å²) in [6.45, 7) is 5.74. The van der Waals surface area contributed by atoms with Crippen LogP contribution in [-0.4, -0.2) is 58.1 Å². The Labute approximate surface area is 134 Å². The molecule has 1 saturated heterocycles. The number of aliphatic hydroxyl groups excluding tert-OH is 1. The van der Waals surface area contributed by atoms with E-state index in [0.29, 0.717) is 24.5 Å². The van der Waals surface area contributed by atoms with Gasteiger partial charge >= 0.3 is 0 Å². The molecule has 4 heteroatoms. The molecule has 3 unspecified atom stereocenters. The number of aliphatic hydroxyl groups is 1. The number of nitrogens with zero attached hydrogens (tertiary/aromatic N) is 2. The summed E-state index contributed by atoms with van der Waals surface area (Å²) in [6.07, 6.45) is 8.80. The average molecular weight is 308 g/mol. The van der Waals surface area contributed by atoms with Gasteiger partial charge < -0.3 is 10.0 Å². The molecule has 1 heterocycles. The predicted molar refractivity (Wildman–Crippen MR) is 87.6 cm³/mol. The van der Waals surface area contributed by atoms with E-state index in [1.807, 2.05) is 6.92 Å². The van der Waals surface area contributed by atoms with E-state index in [0.717, 1.165) is 31.7 Å². The number of amides is 1. The molecule has 4 nitrogen and oxygen atoms in total. The van der Waals surface area contributed by atoms with E-state index < -0.39 is 0 Å². The normalized spacial score (nSPS) is 29.1. The number of rotatable bonds is 7. The third-order valence-electron chi connectivity index (χ3n) is 5.84. The highest BCUT2D eigenvalue weighted by atomic mass is 16.3. The van der Waals surface area contributed by atoms with Gasteiger partial charge in [-0.15, -0.1) is 0 Å². The number of carbonyl (C=O) groups excluding carboxylic acids is 1. The van der Waals surface area contributed by atoms with Crippen LogP contribution in [0.2, 0.25) is 0 Å². The molecule has 0 aromatic heterocycles. The van der Waals surface area contributed by atoms with Crippen LogP contribution in [0.5, 0.6) is 0 Å². The first-order valence-corrected chi connectivity index (χ1v) is 9.35. The predicted octanol–water partition coefficient (Wildman–Crippen LogP) is 2.40. The molecule has 1 aliphatic heterocycles. The molecule has 0 radical (unpaired) electrons. The highest BCUT2D eigenvalue weighted by molar-refractivity contribution is 5.79. The Morgan fingerprint density at radius 3 is 2.55 bits per heavy atom. The van der Waals surface area contributed by atoms with E-state index in [4.69, 9.17) is 0 Å². The summed E-state index contributed by atoms with van der Waals surface area (Å²) in [7, 11) is 0. The lowest BCUT2D eigenvalue weighted by atomic mass is 9.96. The quantitative estimate of drug-likeness (QED) is 0.785. The summed E-state index contributed by atoms with van der Waals surface area (Å²) < 4.78 is 0. The molecule has 0 aromatic carbocycles. The zero-order valence-corrected chi connectivity index (χ0v) is 14.2. The minimum Gasteiger partial charge on any atom is -0.392 e. The van der Waals surface area contributed by atoms with Gasteiger partial charge in [0.25, 0.3) is 0 Å². The Balaban J connectivity index is 1.62. The molecule has 3 aliphatic rings. The number of carbonyl (C=O) groups is 1. The summed E-state index contributed by atoms with van der Waals surface area (Å²) >= 11 is 0. The van der Waals surface area contributed by atoms with Crippen LogP contribution in [0.25, 0.3) is 0 Å². The summed E-state index contributed by atoms with van der Waals surface area (Å²) in [6, 6.07) is 1.10. The first-order chi connectivity index (χ1) is 10.6. The summed E-state index contributed by atoms with van der Waals surface area (Å²) in [5.74, 6) is 1.04. The van der Waals surface area contributed by atoms with E-state index in [9.17, 15) is 9.90 Å². The molecular formula is C18H32N2O2. The van der Waals surface area contributed by atoms with E-state index in [2.05, 4.69) is 16.7 Å². The molecular weight excluding hydrogens is 276 g/mol. The Bertz CT molecular complexity index is 393. The molecule has 1 N–H and O–H groups in total. The fourth-order valence-corrected chi connectivity index (χ4v) is 4.10. The second-order valence-electron chi connectivity index (χ2n) is 7.62. The molecule has 22 heavy (non-hydrogen) atoms. The van der Waals surface area contributed by atoms with Gasteiger partial charge in [0.15, 0.2) is 0 Å². The Hall–Kier alpha value is -0.610. The first-order valence-electron chi connectivity index (χ1n) is 9.35. The van der Waals surface area contributed by atoms with Crippen LogP contribution in [0.15, 0.2) is 0 Å². The number of hydrogen-bond acceptors (Lipinski definition) is 3. The van der Waals surface area contributed by atoms with Crippen molar-refractivity contribution in [3.63, 3.8) is 0 Å². The lowest BCUT2D eigenvalue weighted by Crippen LogP contribution is -2.53. The lowest BCUT2D eigenvalue weighted by molar-refractivity contribution is -0.137. The summed E-state index contributed by atoms with van der Waals surface area (Å²) in [5.41, 5.74) is 0. The van der Waals surface area contributed by atoms with E-state index >= 15 is 0 Å². The van der Waals surface area contributed by atoms with Gasteiger partial charge in [-0.2, -0.15) is 0 Å². The maximum absolute atomic E-state index is 12.9. The Kier molecular flexibility index (Phi) is 5.08. The van der Waals surface area contributed by atoms with Crippen LogP contribution >= 0.6 is 0 Å². The van der Waals surface area contributed by atoms with Crippen LogP contribution < -0.4 is 0 Å². The van der Waals surface area contributed by atoms with E-state index in [-0.39, 0.29) is 12.1 Å². The second kappa shape index (κ2) is 6.88. The molecule has 3 rings (SSSR count). The third-order valence-corrected chi connectivity index (χ3v) is 5.84. The molecule has 0 spiro atoms. The standard InChI is InChI=1S/C18H32N2O2/c1-3-17(21)16-6-4-5-11-19(16)12-18(22)20(15-9-10-15)13(2)14-7-8-14/h13-17,21H,3-12H2,1-2H3.